The first-order chi connectivity index (χ1) is 10.4. The molecule has 1 atom stereocenters. The highest BCUT2D eigenvalue weighted by Gasteiger charge is 2.22. The van der Waals surface area contributed by atoms with Crippen LogP contribution >= 0.6 is 0 Å². The van der Waals surface area contributed by atoms with Crippen LogP contribution in [0.3, 0.4) is 0 Å². The number of carbonyl (C=O) groups excluding carboxylic acids is 2. The second-order valence-electron chi connectivity index (χ2n) is 5.10. The summed E-state index contributed by atoms with van der Waals surface area (Å²) in [6.07, 6.45) is 0.541. The number of nitrogens with zero attached hydrogens (tertiary/aromatic N) is 2. The van der Waals surface area contributed by atoms with E-state index in [9.17, 15) is 14.4 Å². The third kappa shape index (κ3) is 3.49. The van der Waals surface area contributed by atoms with Gasteiger partial charge in [0, 0.05) is 25.6 Å². The van der Waals surface area contributed by atoms with Gasteiger partial charge in [-0.3, -0.25) is 14.4 Å². The molecule has 0 saturated heterocycles. The number of nitrogens with one attached hydrogen (secondary N) is 1. The number of rotatable bonds is 4. The highest BCUT2D eigenvalue weighted by Crippen LogP contribution is 2.20. The number of hydrazone groups is 1. The molecule has 22 heavy (non-hydrogen) atoms. The molecule has 2 N–H and O–H groups in total. The summed E-state index contributed by atoms with van der Waals surface area (Å²) in [7, 11) is 1.50. The van der Waals surface area contributed by atoms with E-state index in [1.807, 2.05) is 0 Å². The second kappa shape index (κ2) is 6.38. The van der Waals surface area contributed by atoms with Gasteiger partial charge in [0.25, 0.3) is 5.91 Å². The summed E-state index contributed by atoms with van der Waals surface area (Å²) < 4.78 is 0. The molecule has 116 valence electrons. The van der Waals surface area contributed by atoms with E-state index < -0.39 is 11.9 Å². The maximum absolute atomic E-state index is 12.1. The molecule has 0 radical (unpaired) electrons. The van der Waals surface area contributed by atoms with E-state index in [-0.39, 0.29) is 23.9 Å². The van der Waals surface area contributed by atoms with Crippen LogP contribution in [0.2, 0.25) is 0 Å². The Morgan fingerprint density at radius 3 is 2.73 bits per heavy atom. The highest BCUT2D eigenvalue weighted by molar-refractivity contribution is 6.43. The minimum atomic E-state index is -0.930. The Kier molecular flexibility index (Phi) is 4.55. The quantitative estimate of drug-likeness (QED) is 0.878. The van der Waals surface area contributed by atoms with E-state index >= 15 is 0 Å². The molecule has 0 spiro atoms. The first-order valence-corrected chi connectivity index (χ1v) is 6.86. The van der Waals surface area contributed by atoms with Crippen LogP contribution in [0.5, 0.6) is 0 Å². The van der Waals surface area contributed by atoms with Crippen molar-refractivity contribution >= 4 is 29.2 Å². The van der Waals surface area contributed by atoms with Gasteiger partial charge in [-0.05, 0) is 24.6 Å². The molecular weight excluding hydrogens is 286 g/mol. The van der Waals surface area contributed by atoms with E-state index in [0.717, 1.165) is 5.01 Å². The largest absolute Gasteiger partial charge is 0.481 e. The van der Waals surface area contributed by atoms with Crippen molar-refractivity contribution in [2.45, 2.75) is 25.7 Å². The average molecular weight is 303 g/mol. The third-order valence-corrected chi connectivity index (χ3v) is 3.48. The Hall–Kier alpha value is -2.70. The molecule has 0 aliphatic carbocycles. The van der Waals surface area contributed by atoms with E-state index in [4.69, 9.17) is 5.11 Å². The molecule has 2 rings (SSSR count). The summed E-state index contributed by atoms with van der Waals surface area (Å²) in [4.78, 5) is 34.5. The van der Waals surface area contributed by atoms with Crippen molar-refractivity contribution in [1.82, 2.24) is 5.01 Å². The first kappa shape index (κ1) is 15.7. The number of carbonyl (C=O) groups is 3. The molecule has 7 heteroatoms. The summed E-state index contributed by atoms with van der Waals surface area (Å²) in [5, 5.41) is 16.8. The van der Waals surface area contributed by atoms with Gasteiger partial charge in [0.05, 0.1) is 5.92 Å². The van der Waals surface area contributed by atoms with Crippen LogP contribution in [0.25, 0.3) is 0 Å². The van der Waals surface area contributed by atoms with Crippen LogP contribution in [0.1, 0.15) is 31.2 Å². The zero-order valence-electron chi connectivity index (χ0n) is 12.4. The van der Waals surface area contributed by atoms with Crippen molar-refractivity contribution < 1.29 is 19.5 Å². The van der Waals surface area contributed by atoms with Crippen molar-refractivity contribution in [3.63, 3.8) is 0 Å². The maximum Gasteiger partial charge on any atom is 0.310 e. The molecule has 1 aromatic rings. The lowest BCUT2D eigenvalue weighted by Crippen LogP contribution is -2.34. The molecule has 0 bridgehead atoms. The lowest BCUT2D eigenvalue weighted by Gasteiger charge is -2.19. The van der Waals surface area contributed by atoms with Crippen LogP contribution < -0.4 is 5.32 Å². The molecule has 7 nitrogen and oxygen atoms in total. The van der Waals surface area contributed by atoms with Gasteiger partial charge in [0.15, 0.2) is 0 Å². The molecule has 1 aliphatic heterocycles. The molecule has 1 aromatic carbocycles. The van der Waals surface area contributed by atoms with Crippen molar-refractivity contribution in [2.24, 2.45) is 5.10 Å². The summed E-state index contributed by atoms with van der Waals surface area (Å²) in [6, 6.07) is 6.67. The zero-order chi connectivity index (χ0) is 16.3. The summed E-state index contributed by atoms with van der Waals surface area (Å²) in [5.41, 5.74) is 1.37. The smallest absolute Gasteiger partial charge is 0.310 e. The Morgan fingerprint density at radius 1 is 1.36 bits per heavy atom. The summed E-state index contributed by atoms with van der Waals surface area (Å²) in [5.74, 6) is -2.11. The van der Waals surface area contributed by atoms with Gasteiger partial charge in [-0.25, -0.2) is 5.01 Å². The number of anilines is 1. The number of carboxylic acid groups (broad SMARTS) is 1. The predicted molar refractivity (Wildman–Crippen MR) is 80.6 cm³/mol. The molecule has 1 aliphatic rings. The first-order valence-electron chi connectivity index (χ1n) is 6.86. The Morgan fingerprint density at radius 2 is 2.09 bits per heavy atom. The summed E-state index contributed by atoms with van der Waals surface area (Å²) in [6.45, 7) is 1.58. The van der Waals surface area contributed by atoms with E-state index in [2.05, 4.69) is 10.4 Å². The fraction of sp³-hybridized carbons (Fsp3) is 0.333. The van der Waals surface area contributed by atoms with Crippen LogP contribution in [-0.2, 0) is 14.4 Å². The topological polar surface area (TPSA) is 99.1 Å². The van der Waals surface area contributed by atoms with E-state index in [1.54, 1.807) is 31.2 Å². The molecule has 1 heterocycles. The zero-order valence-corrected chi connectivity index (χ0v) is 12.4. The lowest BCUT2D eigenvalue weighted by atomic mass is 10.0. The molecule has 0 fully saturated rings. The second-order valence-corrected chi connectivity index (χ2v) is 5.10. The van der Waals surface area contributed by atoms with Crippen molar-refractivity contribution in [3.8, 4) is 0 Å². The fourth-order valence-electron chi connectivity index (χ4n) is 2.06. The lowest BCUT2D eigenvalue weighted by molar-refractivity contribution is -0.138. The SMILES string of the molecule is CC(C(=O)O)c1cccc(NC(=O)C2=NN(C)C(=O)CC2)c1. The van der Waals surface area contributed by atoms with E-state index in [0.29, 0.717) is 17.7 Å². The number of amides is 2. The van der Waals surface area contributed by atoms with Gasteiger partial charge >= 0.3 is 5.97 Å². The van der Waals surface area contributed by atoms with Gasteiger partial charge in [-0.15, -0.1) is 0 Å². The highest BCUT2D eigenvalue weighted by atomic mass is 16.4. The van der Waals surface area contributed by atoms with Gasteiger partial charge in [-0.2, -0.15) is 5.10 Å². The minimum Gasteiger partial charge on any atom is -0.481 e. The van der Waals surface area contributed by atoms with Crippen LogP contribution in [0.4, 0.5) is 5.69 Å². The Bertz CT molecular complexity index is 654. The number of hydrogen-bond acceptors (Lipinski definition) is 4. The Balaban J connectivity index is 2.12. The molecule has 0 saturated carbocycles. The fourth-order valence-corrected chi connectivity index (χ4v) is 2.06. The monoisotopic (exact) mass is 303 g/mol. The molecule has 1 unspecified atom stereocenters. The summed E-state index contributed by atoms with van der Waals surface area (Å²) >= 11 is 0. The number of carboxylic acids is 1. The van der Waals surface area contributed by atoms with Crippen LogP contribution in [0.15, 0.2) is 29.4 Å². The van der Waals surface area contributed by atoms with Crippen LogP contribution in [-0.4, -0.2) is 40.7 Å². The normalized spacial score (nSPS) is 16.0. The van der Waals surface area contributed by atoms with Crippen molar-refractivity contribution in [2.75, 3.05) is 12.4 Å². The minimum absolute atomic E-state index is 0.131. The maximum atomic E-state index is 12.1. The average Bonchev–Trinajstić information content (AvgIpc) is 2.49. The van der Waals surface area contributed by atoms with Crippen LogP contribution in [0, 0.1) is 0 Å². The Labute approximate surface area is 127 Å². The van der Waals surface area contributed by atoms with Gasteiger partial charge in [0.2, 0.25) is 5.91 Å². The van der Waals surface area contributed by atoms with Crippen molar-refractivity contribution in [1.29, 1.82) is 0 Å². The third-order valence-electron chi connectivity index (χ3n) is 3.48. The van der Waals surface area contributed by atoms with Gasteiger partial charge in [0.1, 0.15) is 5.71 Å². The predicted octanol–water partition coefficient (Wildman–Crippen LogP) is 1.42. The standard InChI is InChI=1S/C15H17N3O4/c1-9(15(21)22)10-4-3-5-11(8-10)16-14(20)12-6-7-13(19)18(2)17-12/h3-5,8-9H,6-7H2,1-2H3,(H,16,20)(H,21,22). The van der Waals surface area contributed by atoms with Gasteiger partial charge < -0.3 is 10.4 Å². The molecule has 2 amide bonds. The number of aliphatic carboxylic acids is 1. The molecular formula is C15H17N3O4. The number of benzene rings is 1. The van der Waals surface area contributed by atoms with Gasteiger partial charge in [-0.1, -0.05) is 12.1 Å². The van der Waals surface area contributed by atoms with E-state index in [1.165, 1.54) is 7.05 Å². The number of hydrogen-bond donors (Lipinski definition) is 2. The van der Waals surface area contributed by atoms with Crippen molar-refractivity contribution in [3.05, 3.63) is 29.8 Å². The molecule has 0 aromatic heterocycles.